The molecule has 0 saturated carbocycles. The number of nitrogens with one attached hydrogen (secondary N) is 2. The normalized spacial score (nSPS) is 10.3. The van der Waals surface area contributed by atoms with Gasteiger partial charge in [0.25, 0.3) is 17.5 Å². The summed E-state index contributed by atoms with van der Waals surface area (Å²) in [5.74, 6) is -0.325. The van der Waals surface area contributed by atoms with Gasteiger partial charge >= 0.3 is 0 Å². The number of nitro benzene ring substituents is 1. The van der Waals surface area contributed by atoms with Crippen molar-refractivity contribution in [2.45, 2.75) is 0 Å². The number of anilines is 2. The van der Waals surface area contributed by atoms with Crippen LogP contribution in [0.25, 0.3) is 0 Å². The van der Waals surface area contributed by atoms with Gasteiger partial charge in [0.15, 0.2) is 5.13 Å². The maximum atomic E-state index is 12.3. The lowest BCUT2D eigenvalue weighted by Gasteiger charge is -2.05. The lowest BCUT2D eigenvalue weighted by molar-refractivity contribution is -0.384. The van der Waals surface area contributed by atoms with Gasteiger partial charge in [0.05, 0.1) is 22.7 Å². The van der Waals surface area contributed by atoms with Crippen LogP contribution in [-0.2, 0) is 0 Å². The first-order valence-corrected chi connectivity index (χ1v) is 9.29. The molecule has 148 valence electrons. The first kappa shape index (κ1) is 20.2. The first-order valence-electron chi connectivity index (χ1n) is 8.03. The van der Waals surface area contributed by atoms with E-state index in [1.165, 1.54) is 24.6 Å². The molecule has 3 aromatic rings. The average Bonchev–Trinajstić information content (AvgIpc) is 3.18. The minimum absolute atomic E-state index is 0.0239. The highest BCUT2D eigenvalue weighted by Crippen LogP contribution is 2.27. The molecule has 1 heterocycles. The molecule has 3 rings (SSSR count). The fourth-order valence-electron chi connectivity index (χ4n) is 2.25. The van der Waals surface area contributed by atoms with E-state index in [9.17, 15) is 19.7 Å². The minimum Gasteiger partial charge on any atom is -0.497 e. The number of thiazole rings is 1. The van der Waals surface area contributed by atoms with E-state index >= 15 is 0 Å². The van der Waals surface area contributed by atoms with Crippen molar-refractivity contribution in [1.29, 1.82) is 0 Å². The third-order valence-corrected chi connectivity index (χ3v) is 4.79. The van der Waals surface area contributed by atoms with E-state index in [1.54, 1.807) is 24.3 Å². The van der Waals surface area contributed by atoms with Crippen LogP contribution in [0.4, 0.5) is 16.5 Å². The number of rotatable bonds is 6. The van der Waals surface area contributed by atoms with E-state index in [0.29, 0.717) is 11.3 Å². The number of ether oxygens (including phenoxy) is 1. The molecule has 0 aliphatic heterocycles. The summed E-state index contributed by atoms with van der Waals surface area (Å²) in [5.41, 5.74) is 0.489. The van der Waals surface area contributed by atoms with Crippen molar-refractivity contribution in [3.05, 3.63) is 74.2 Å². The first-order chi connectivity index (χ1) is 13.9. The number of methoxy groups -OCH3 is 1. The lowest BCUT2D eigenvalue weighted by atomic mass is 10.2. The predicted molar refractivity (Wildman–Crippen MR) is 109 cm³/mol. The standard InChI is InChI=1S/C18H13ClN4O5S/c1-28-12-5-2-10(3-6-12)16(24)22-18-21-15(9-29-18)17(25)20-14-7-4-11(23(26)27)8-13(14)19/h2-9H,1H3,(H,20,25)(H,21,22,24). The highest BCUT2D eigenvalue weighted by atomic mass is 35.5. The third kappa shape index (κ3) is 4.86. The Morgan fingerprint density at radius 3 is 2.48 bits per heavy atom. The highest BCUT2D eigenvalue weighted by molar-refractivity contribution is 7.14. The van der Waals surface area contributed by atoms with Crippen LogP contribution in [0.1, 0.15) is 20.8 Å². The number of hydrogen-bond acceptors (Lipinski definition) is 7. The molecule has 11 heteroatoms. The maximum absolute atomic E-state index is 12.3. The van der Waals surface area contributed by atoms with Crippen LogP contribution in [-0.4, -0.2) is 28.8 Å². The summed E-state index contributed by atoms with van der Waals surface area (Å²) < 4.78 is 5.04. The van der Waals surface area contributed by atoms with Gasteiger partial charge in [-0.05, 0) is 30.3 Å². The molecule has 2 amide bonds. The van der Waals surface area contributed by atoms with Crippen molar-refractivity contribution in [3.63, 3.8) is 0 Å². The van der Waals surface area contributed by atoms with Gasteiger partial charge in [0.2, 0.25) is 0 Å². The number of carbonyl (C=O) groups is 2. The molecular formula is C18H13ClN4O5S. The second-order valence-electron chi connectivity index (χ2n) is 5.60. The number of aromatic nitrogens is 1. The Labute approximate surface area is 173 Å². The van der Waals surface area contributed by atoms with Crippen LogP contribution < -0.4 is 15.4 Å². The predicted octanol–water partition coefficient (Wildman–Crippen LogP) is 4.22. The molecule has 0 saturated heterocycles. The molecule has 0 radical (unpaired) electrons. The fraction of sp³-hybridized carbons (Fsp3) is 0.0556. The number of carbonyl (C=O) groups excluding carboxylic acids is 2. The van der Waals surface area contributed by atoms with Crippen molar-refractivity contribution in [1.82, 2.24) is 4.98 Å². The number of benzene rings is 2. The molecule has 0 spiro atoms. The summed E-state index contributed by atoms with van der Waals surface area (Å²) in [6.07, 6.45) is 0. The smallest absolute Gasteiger partial charge is 0.275 e. The molecule has 0 atom stereocenters. The van der Waals surface area contributed by atoms with Crippen molar-refractivity contribution < 1.29 is 19.2 Å². The van der Waals surface area contributed by atoms with Gasteiger partial charge in [-0.3, -0.25) is 25.0 Å². The van der Waals surface area contributed by atoms with Gasteiger partial charge in [-0.2, -0.15) is 0 Å². The Bertz CT molecular complexity index is 1080. The zero-order chi connectivity index (χ0) is 21.0. The molecule has 0 fully saturated rings. The number of hydrogen-bond donors (Lipinski definition) is 2. The molecule has 9 nitrogen and oxygen atoms in total. The quantitative estimate of drug-likeness (QED) is 0.444. The molecule has 0 aliphatic carbocycles. The summed E-state index contributed by atoms with van der Waals surface area (Å²) >= 11 is 7.04. The summed E-state index contributed by atoms with van der Waals surface area (Å²) in [5, 5.41) is 17.6. The Hall–Kier alpha value is -3.50. The largest absolute Gasteiger partial charge is 0.497 e. The Balaban J connectivity index is 1.66. The summed E-state index contributed by atoms with van der Waals surface area (Å²) in [6, 6.07) is 10.2. The SMILES string of the molecule is COc1ccc(C(=O)Nc2nc(C(=O)Nc3ccc([N+](=O)[O-])cc3Cl)cs2)cc1. The van der Waals surface area contributed by atoms with Crippen molar-refractivity contribution in [3.8, 4) is 5.75 Å². The van der Waals surface area contributed by atoms with E-state index in [1.807, 2.05) is 0 Å². The van der Waals surface area contributed by atoms with Crippen LogP contribution in [0.3, 0.4) is 0 Å². The second kappa shape index (κ2) is 8.67. The topological polar surface area (TPSA) is 123 Å². The number of nitrogens with zero attached hydrogens (tertiary/aromatic N) is 2. The number of amides is 2. The number of nitro groups is 1. The molecule has 0 unspecified atom stereocenters. The van der Waals surface area contributed by atoms with E-state index in [-0.39, 0.29) is 33.1 Å². The van der Waals surface area contributed by atoms with Crippen LogP contribution >= 0.6 is 22.9 Å². The number of non-ortho nitro benzene ring substituents is 1. The fourth-order valence-corrected chi connectivity index (χ4v) is 3.16. The van der Waals surface area contributed by atoms with Gasteiger partial charge in [-0.1, -0.05) is 11.6 Å². The third-order valence-electron chi connectivity index (χ3n) is 3.72. The Kier molecular flexibility index (Phi) is 6.05. The molecule has 1 aromatic heterocycles. The molecular weight excluding hydrogens is 420 g/mol. The zero-order valence-electron chi connectivity index (χ0n) is 14.8. The molecule has 2 aromatic carbocycles. The van der Waals surface area contributed by atoms with Crippen molar-refractivity contribution >= 4 is 51.3 Å². The maximum Gasteiger partial charge on any atom is 0.275 e. The average molecular weight is 433 g/mol. The second-order valence-corrected chi connectivity index (χ2v) is 6.86. The highest BCUT2D eigenvalue weighted by Gasteiger charge is 2.16. The van der Waals surface area contributed by atoms with Crippen LogP contribution in [0.2, 0.25) is 5.02 Å². The summed E-state index contributed by atoms with van der Waals surface area (Å²) in [4.78, 5) is 38.8. The molecule has 29 heavy (non-hydrogen) atoms. The Morgan fingerprint density at radius 2 is 1.86 bits per heavy atom. The van der Waals surface area contributed by atoms with Gasteiger partial charge in [-0.25, -0.2) is 4.98 Å². The van der Waals surface area contributed by atoms with Crippen molar-refractivity contribution in [2.75, 3.05) is 17.7 Å². The molecule has 0 aliphatic rings. The molecule has 2 N–H and O–H groups in total. The Morgan fingerprint density at radius 1 is 1.14 bits per heavy atom. The lowest BCUT2D eigenvalue weighted by Crippen LogP contribution is -2.14. The summed E-state index contributed by atoms with van der Waals surface area (Å²) in [7, 11) is 1.53. The van der Waals surface area contributed by atoms with E-state index in [0.717, 1.165) is 17.4 Å². The van der Waals surface area contributed by atoms with Crippen LogP contribution in [0.5, 0.6) is 5.75 Å². The van der Waals surface area contributed by atoms with Gasteiger partial charge in [-0.15, -0.1) is 11.3 Å². The van der Waals surface area contributed by atoms with Crippen LogP contribution in [0, 0.1) is 10.1 Å². The van der Waals surface area contributed by atoms with E-state index in [4.69, 9.17) is 16.3 Å². The van der Waals surface area contributed by atoms with Gasteiger partial charge < -0.3 is 10.1 Å². The molecule has 0 bridgehead atoms. The number of halogens is 1. The summed E-state index contributed by atoms with van der Waals surface area (Å²) in [6.45, 7) is 0. The monoisotopic (exact) mass is 432 g/mol. The van der Waals surface area contributed by atoms with Crippen molar-refractivity contribution in [2.24, 2.45) is 0 Å². The minimum atomic E-state index is -0.588. The zero-order valence-corrected chi connectivity index (χ0v) is 16.4. The van der Waals surface area contributed by atoms with Gasteiger partial charge in [0, 0.05) is 23.1 Å². The van der Waals surface area contributed by atoms with Crippen LogP contribution in [0.15, 0.2) is 47.8 Å². The van der Waals surface area contributed by atoms with E-state index < -0.39 is 10.8 Å². The van der Waals surface area contributed by atoms with Gasteiger partial charge in [0.1, 0.15) is 11.4 Å². The van der Waals surface area contributed by atoms with E-state index in [2.05, 4.69) is 15.6 Å².